The molecule has 0 aliphatic rings. The summed E-state index contributed by atoms with van der Waals surface area (Å²) in [4.78, 5) is 16.5. The molecular weight excluding hydrogens is 382 g/mol. The predicted octanol–water partition coefficient (Wildman–Crippen LogP) is 4.30. The van der Waals surface area contributed by atoms with Crippen LogP contribution in [-0.2, 0) is 6.61 Å². The van der Waals surface area contributed by atoms with Crippen LogP contribution < -0.4 is 14.8 Å². The number of nitrogens with zero attached hydrogens (tertiary/aromatic N) is 1. The van der Waals surface area contributed by atoms with E-state index in [1.54, 1.807) is 18.2 Å². The number of aliphatic hydroxyl groups is 1. The molecule has 6 nitrogen and oxygen atoms in total. The van der Waals surface area contributed by atoms with Crippen molar-refractivity contribution in [2.24, 2.45) is 0 Å². The van der Waals surface area contributed by atoms with Crippen LogP contribution in [0.15, 0.2) is 54.7 Å². The molecule has 1 amide bonds. The molecular formula is C21H18F2N2O4. The number of carbonyl (C=O) groups excluding carboxylic acids is 1. The highest BCUT2D eigenvalue weighted by molar-refractivity contribution is 6.04. The predicted molar refractivity (Wildman–Crippen MR) is 102 cm³/mol. The van der Waals surface area contributed by atoms with Crippen molar-refractivity contribution in [3.05, 3.63) is 77.5 Å². The van der Waals surface area contributed by atoms with E-state index in [-0.39, 0.29) is 23.8 Å². The monoisotopic (exact) mass is 400 g/mol. The van der Waals surface area contributed by atoms with Crippen LogP contribution >= 0.6 is 0 Å². The molecule has 0 radical (unpaired) electrons. The second kappa shape index (κ2) is 9.11. The Hall–Kier alpha value is -3.52. The molecule has 29 heavy (non-hydrogen) atoms. The molecule has 0 aliphatic carbocycles. The molecule has 0 saturated heterocycles. The lowest BCUT2D eigenvalue weighted by Gasteiger charge is -2.12. The van der Waals surface area contributed by atoms with E-state index in [0.717, 1.165) is 12.1 Å². The molecule has 2 aromatic carbocycles. The maximum atomic E-state index is 13.7. The van der Waals surface area contributed by atoms with Crippen LogP contribution in [0.4, 0.5) is 14.5 Å². The average Bonchev–Trinajstić information content (AvgIpc) is 2.71. The Balaban J connectivity index is 1.75. The normalized spacial score (nSPS) is 10.5. The van der Waals surface area contributed by atoms with Crippen LogP contribution in [0.5, 0.6) is 17.4 Å². The smallest absolute Gasteiger partial charge is 0.255 e. The number of ether oxygens (including phenoxy) is 2. The van der Waals surface area contributed by atoms with Gasteiger partial charge < -0.3 is 19.9 Å². The number of benzene rings is 2. The van der Waals surface area contributed by atoms with Gasteiger partial charge in [-0.15, -0.1) is 0 Å². The lowest BCUT2D eigenvalue weighted by Crippen LogP contribution is -2.12. The number of aromatic nitrogens is 1. The van der Waals surface area contributed by atoms with Crippen LogP contribution in [0.1, 0.15) is 22.8 Å². The number of aliphatic hydroxyl groups excluding tert-OH is 1. The van der Waals surface area contributed by atoms with Crippen molar-refractivity contribution in [3.63, 3.8) is 0 Å². The highest BCUT2D eigenvalue weighted by atomic mass is 19.1. The van der Waals surface area contributed by atoms with E-state index in [1.807, 2.05) is 6.92 Å². The first-order valence-corrected chi connectivity index (χ1v) is 8.77. The largest absolute Gasteiger partial charge is 0.494 e. The van der Waals surface area contributed by atoms with Gasteiger partial charge >= 0.3 is 0 Å². The van der Waals surface area contributed by atoms with Crippen molar-refractivity contribution in [1.29, 1.82) is 0 Å². The highest BCUT2D eigenvalue weighted by Crippen LogP contribution is 2.25. The molecule has 0 aliphatic heterocycles. The van der Waals surface area contributed by atoms with Gasteiger partial charge in [-0.2, -0.15) is 0 Å². The van der Waals surface area contributed by atoms with Crippen molar-refractivity contribution >= 4 is 11.6 Å². The summed E-state index contributed by atoms with van der Waals surface area (Å²) in [6, 6.07) is 10.6. The van der Waals surface area contributed by atoms with Crippen molar-refractivity contribution in [3.8, 4) is 17.4 Å². The Bertz CT molecular complexity index is 1030. The Kier molecular flexibility index (Phi) is 6.36. The molecule has 0 spiro atoms. The Labute approximate surface area is 165 Å². The molecule has 3 aromatic rings. The molecule has 0 fully saturated rings. The lowest BCUT2D eigenvalue weighted by atomic mass is 10.1. The number of rotatable bonds is 7. The first-order chi connectivity index (χ1) is 14.0. The van der Waals surface area contributed by atoms with E-state index in [1.165, 1.54) is 18.3 Å². The van der Waals surface area contributed by atoms with Crippen LogP contribution in [0.25, 0.3) is 0 Å². The van der Waals surface area contributed by atoms with Crippen LogP contribution in [0.3, 0.4) is 0 Å². The quantitative estimate of drug-likeness (QED) is 0.618. The Morgan fingerprint density at radius 3 is 2.62 bits per heavy atom. The van der Waals surface area contributed by atoms with Gasteiger partial charge in [0, 0.05) is 35.1 Å². The summed E-state index contributed by atoms with van der Waals surface area (Å²) >= 11 is 0. The van der Waals surface area contributed by atoms with Crippen LogP contribution in [-0.4, -0.2) is 22.6 Å². The number of amides is 1. The summed E-state index contributed by atoms with van der Waals surface area (Å²) in [5, 5.41) is 12.2. The number of carbonyl (C=O) groups is 1. The minimum atomic E-state index is -0.882. The fourth-order valence-electron chi connectivity index (χ4n) is 2.56. The molecule has 2 N–H and O–H groups in total. The molecule has 0 atom stereocenters. The highest BCUT2D eigenvalue weighted by Gasteiger charge is 2.12. The molecule has 150 valence electrons. The van der Waals surface area contributed by atoms with Gasteiger partial charge in [0.05, 0.1) is 13.2 Å². The van der Waals surface area contributed by atoms with Gasteiger partial charge in [0.25, 0.3) is 5.91 Å². The van der Waals surface area contributed by atoms with Gasteiger partial charge in [-0.3, -0.25) is 4.79 Å². The minimum absolute atomic E-state index is 0.0223. The first-order valence-electron chi connectivity index (χ1n) is 8.77. The SMILES string of the molecule is CCOc1ccc(NC(=O)c2ccnc(Oc3ccc(F)cc3F)c2)cc1CO. The number of pyridine rings is 1. The van der Waals surface area contributed by atoms with Crippen molar-refractivity contribution in [1.82, 2.24) is 4.98 Å². The van der Waals surface area contributed by atoms with Gasteiger partial charge in [0.2, 0.25) is 5.88 Å². The zero-order valence-electron chi connectivity index (χ0n) is 15.5. The number of anilines is 1. The third-order valence-electron chi connectivity index (χ3n) is 3.89. The molecule has 1 heterocycles. The maximum Gasteiger partial charge on any atom is 0.255 e. The van der Waals surface area contributed by atoms with E-state index in [4.69, 9.17) is 9.47 Å². The summed E-state index contributed by atoms with van der Waals surface area (Å²) in [6.07, 6.45) is 1.34. The molecule has 3 rings (SSSR count). The summed E-state index contributed by atoms with van der Waals surface area (Å²) in [5.41, 5.74) is 1.22. The third-order valence-corrected chi connectivity index (χ3v) is 3.89. The van der Waals surface area contributed by atoms with E-state index in [2.05, 4.69) is 10.3 Å². The summed E-state index contributed by atoms with van der Waals surface area (Å²) in [6.45, 7) is 2.04. The van der Waals surface area contributed by atoms with Crippen molar-refractivity contribution in [2.45, 2.75) is 13.5 Å². The van der Waals surface area contributed by atoms with Gasteiger partial charge in [-0.25, -0.2) is 13.8 Å². The molecule has 0 saturated carbocycles. The van der Waals surface area contributed by atoms with Crippen LogP contribution in [0.2, 0.25) is 0 Å². The standard InChI is InChI=1S/C21H18F2N2O4/c1-2-28-18-6-4-16(9-14(18)12-26)25-21(27)13-7-8-24-20(10-13)29-19-5-3-15(22)11-17(19)23/h3-11,26H,2,12H2,1H3,(H,25,27). The second-order valence-electron chi connectivity index (χ2n) is 5.93. The number of hydrogen-bond acceptors (Lipinski definition) is 5. The summed E-state index contributed by atoms with van der Waals surface area (Å²) in [5.74, 6) is -1.76. The van der Waals surface area contributed by atoms with Crippen LogP contribution in [0, 0.1) is 11.6 Å². The first kappa shape index (κ1) is 20.2. The molecule has 1 aromatic heterocycles. The van der Waals surface area contributed by atoms with Gasteiger partial charge in [-0.05, 0) is 43.3 Å². The van der Waals surface area contributed by atoms with E-state index >= 15 is 0 Å². The fourth-order valence-corrected chi connectivity index (χ4v) is 2.56. The zero-order valence-corrected chi connectivity index (χ0v) is 15.5. The Morgan fingerprint density at radius 1 is 1.10 bits per heavy atom. The van der Waals surface area contributed by atoms with Gasteiger partial charge in [-0.1, -0.05) is 0 Å². The summed E-state index contributed by atoms with van der Waals surface area (Å²) < 4.78 is 37.4. The van der Waals surface area contributed by atoms with Gasteiger partial charge in [0.15, 0.2) is 11.6 Å². The van der Waals surface area contributed by atoms with Crippen molar-refractivity contribution < 1.29 is 28.2 Å². The molecule has 8 heteroatoms. The molecule has 0 bridgehead atoms. The van der Waals surface area contributed by atoms with E-state index in [0.29, 0.717) is 29.7 Å². The zero-order chi connectivity index (χ0) is 20.8. The number of halogens is 2. The van der Waals surface area contributed by atoms with E-state index < -0.39 is 17.5 Å². The maximum absolute atomic E-state index is 13.7. The minimum Gasteiger partial charge on any atom is -0.494 e. The van der Waals surface area contributed by atoms with Gasteiger partial charge in [0.1, 0.15) is 11.6 Å². The van der Waals surface area contributed by atoms with E-state index in [9.17, 15) is 18.7 Å². The number of hydrogen-bond donors (Lipinski definition) is 2. The summed E-state index contributed by atoms with van der Waals surface area (Å²) in [7, 11) is 0. The lowest BCUT2D eigenvalue weighted by molar-refractivity contribution is 0.102. The molecule has 0 unspecified atom stereocenters. The average molecular weight is 400 g/mol. The van der Waals surface area contributed by atoms with Crippen molar-refractivity contribution in [2.75, 3.05) is 11.9 Å². The topological polar surface area (TPSA) is 80.7 Å². The fraction of sp³-hybridized carbons (Fsp3) is 0.143. The second-order valence-corrected chi connectivity index (χ2v) is 5.93. The number of nitrogens with one attached hydrogen (secondary N) is 1. The Morgan fingerprint density at radius 2 is 1.90 bits per heavy atom. The third kappa shape index (κ3) is 5.05.